The number of hydrogen-bond donors (Lipinski definition) is 0. The minimum Gasteiger partial charge on any atom is -0.384 e. The molecule has 0 N–H and O–H groups in total. The quantitative estimate of drug-likeness (QED) is 0.774. The molecule has 1 saturated carbocycles. The molecule has 1 atom stereocenters. The molecule has 3 aliphatic rings. The van der Waals surface area contributed by atoms with Gasteiger partial charge in [0.05, 0.1) is 17.4 Å². The van der Waals surface area contributed by atoms with E-state index in [9.17, 15) is 18.4 Å². The van der Waals surface area contributed by atoms with Gasteiger partial charge in [-0.05, 0) is 38.2 Å². The molecule has 0 unspecified atom stereocenters. The lowest BCUT2D eigenvalue weighted by molar-refractivity contribution is -0.147. The zero-order valence-electron chi connectivity index (χ0n) is 16.2. The van der Waals surface area contributed by atoms with E-state index in [0.29, 0.717) is 32.7 Å². The normalized spacial score (nSPS) is 26.2. The van der Waals surface area contributed by atoms with Gasteiger partial charge in [0.15, 0.2) is 11.6 Å². The number of benzene rings is 1. The SMILES string of the molecule is COCC1(C(=O)N2CC[C@@]3(CCCN(Cc4cccc(F)c4F)C3=O)C2)CC1. The Kier molecular flexibility index (Phi) is 4.89. The zero-order valence-corrected chi connectivity index (χ0v) is 16.2. The number of likely N-dealkylation sites (tertiary alicyclic amines) is 2. The minimum absolute atomic E-state index is 0.0469. The van der Waals surface area contributed by atoms with Crippen LogP contribution in [0.5, 0.6) is 0 Å². The van der Waals surface area contributed by atoms with Crippen LogP contribution in [0.4, 0.5) is 8.78 Å². The van der Waals surface area contributed by atoms with Crippen LogP contribution in [0.3, 0.4) is 0 Å². The van der Waals surface area contributed by atoms with Gasteiger partial charge in [-0.15, -0.1) is 0 Å². The Bertz CT molecular complexity index is 796. The standard InChI is InChI=1S/C21H26F2N2O3/c1-28-14-21(7-8-21)19(27)25-11-9-20(13-25)6-3-10-24(18(20)26)12-15-4-2-5-16(22)17(15)23/h2,4-5H,3,6-14H2,1H3/t20-/m0/s1. The van der Waals surface area contributed by atoms with Crippen molar-refractivity contribution in [2.45, 2.75) is 38.6 Å². The number of hydrogen-bond acceptors (Lipinski definition) is 3. The second-order valence-corrected chi connectivity index (χ2v) is 8.51. The van der Waals surface area contributed by atoms with E-state index in [0.717, 1.165) is 31.7 Å². The molecule has 2 amide bonds. The molecule has 0 radical (unpaired) electrons. The van der Waals surface area contributed by atoms with Crippen molar-refractivity contribution in [1.82, 2.24) is 9.80 Å². The van der Waals surface area contributed by atoms with E-state index in [1.807, 2.05) is 4.90 Å². The Balaban J connectivity index is 1.47. The number of amides is 2. The van der Waals surface area contributed by atoms with Crippen molar-refractivity contribution < 1.29 is 23.1 Å². The van der Waals surface area contributed by atoms with Crippen molar-refractivity contribution in [1.29, 1.82) is 0 Å². The zero-order chi connectivity index (χ0) is 19.9. The summed E-state index contributed by atoms with van der Waals surface area (Å²) in [7, 11) is 1.60. The molecular formula is C21H26F2N2O3. The van der Waals surface area contributed by atoms with E-state index in [1.165, 1.54) is 12.1 Å². The predicted octanol–water partition coefficient (Wildman–Crippen LogP) is 2.73. The largest absolute Gasteiger partial charge is 0.384 e. The van der Waals surface area contributed by atoms with Gasteiger partial charge in [-0.1, -0.05) is 12.1 Å². The molecule has 28 heavy (non-hydrogen) atoms. The van der Waals surface area contributed by atoms with Crippen LogP contribution in [-0.4, -0.2) is 55.0 Å². The maximum Gasteiger partial charge on any atom is 0.231 e. The monoisotopic (exact) mass is 392 g/mol. The summed E-state index contributed by atoms with van der Waals surface area (Å²) in [6.45, 7) is 1.99. The third-order valence-corrected chi connectivity index (χ3v) is 6.59. The van der Waals surface area contributed by atoms with Gasteiger partial charge in [0, 0.05) is 38.9 Å². The Hall–Kier alpha value is -2.02. The number of carbonyl (C=O) groups is 2. The van der Waals surface area contributed by atoms with Crippen molar-refractivity contribution in [3.63, 3.8) is 0 Å². The van der Waals surface area contributed by atoms with E-state index in [4.69, 9.17) is 4.74 Å². The summed E-state index contributed by atoms with van der Waals surface area (Å²) in [6, 6.07) is 4.05. The second kappa shape index (κ2) is 7.10. The maximum absolute atomic E-state index is 14.1. The summed E-state index contributed by atoms with van der Waals surface area (Å²) in [5, 5.41) is 0. The van der Waals surface area contributed by atoms with Gasteiger partial charge >= 0.3 is 0 Å². The number of halogens is 2. The lowest BCUT2D eigenvalue weighted by Crippen LogP contribution is -2.50. The molecule has 1 aliphatic carbocycles. The van der Waals surface area contributed by atoms with Gasteiger partial charge in [-0.2, -0.15) is 0 Å². The van der Waals surface area contributed by atoms with E-state index < -0.39 is 22.5 Å². The van der Waals surface area contributed by atoms with Gasteiger partial charge in [0.1, 0.15) is 0 Å². The average molecular weight is 392 g/mol. The van der Waals surface area contributed by atoms with Crippen LogP contribution in [-0.2, 0) is 20.9 Å². The molecule has 2 heterocycles. The molecule has 0 aromatic heterocycles. The van der Waals surface area contributed by atoms with E-state index in [1.54, 1.807) is 12.0 Å². The molecule has 3 fully saturated rings. The highest BCUT2D eigenvalue weighted by molar-refractivity contribution is 5.89. The van der Waals surface area contributed by atoms with E-state index in [-0.39, 0.29) is 23.9 Å². The third kappa shape index (κ3) is 3.19. The minimum atomic E-state index is -0.901. The molecular weight excluding hydrogens is 366 g/mol. The van der Waals surface area contributed by atoms with Gasteiger partial charge in [-0.25, -0.2) is 8.78 Å². The first-order valence-corrected chi connectivity index (χ1v) is 9.91. The summed E-state index contributed by atoms with van der Waals surface area (Å²) in [5.74, 6) is -1.75. The van der Waals surface area contributed by atoms with Crippen LogP contribution in [0, 0.1) is 22.5 Å². The smallest absolute Gasteiger partial charge is 0.231 e. The molecule has 0 bridgehead atoms. The summed E-state index contributed by atoms with van der Waals surface area (Å²) in [6.07, 6.45) is 3.83. The molecule has 152 valence electrons. The van der Waals surface area contributed by atoms with Crippen molar-refractivity contribution in [2.24, 2.45) is 10.8 Å². The third-order valence-electron chi connectivity index (χ3n) is 6.59. The van der Waals surface area contributed by atoms with Crippen molar-refractivity contribution in [2.75, 3.05) is 33.4 Å². The fourth-order valence-corrected chi connectivity index (χ4v) is 4.79. The highest BCUT2D eigenvalue weighted by Crippen LogP contribution is 2.50. The van der Waals surface area contributed by atoms with Crippen LogP contribution in [0.25, 0.3) is 0 Å². The first kappa shape index (κ1) is 19.3. The summed E-state index contributed by atoms with van der Waals surface area (Å²) >= 11 is 0. The van der Waals surface area contributed by atoms with Crippen LogP contribution in [0.1, 0.15) is 37.7 Å². The fourth-order valence-electron chi connectivity index (χ4n) is 4.79. The van der Waals surface area contributed by atoms with Crippen molar-refractivity contribution in [3.05, 3.63) is 35.4 Å². The first-order chi connectivity index (χ1) is 13.4. The molecule has 2 saturated heterocycles. The number of ether oxygens (including phenoxy) is 1. The van der Waals surface area contributed by atoms with E-state index >= 15 is 0 Å². The number of carbonyl (C=O) groups excluding carboxylic acids is 2. The van der Waals surface area contributed by atoms with Crippen LogP contribution >= 0.6 is 0 Å². The van der Waals surface area contributed by atoms with Gasteiger partial charge < -0.3 is 14.5 Å². The summed E-state index contributed by atoms with van der Waals surface area (Å²) in [4.78, 5) is 29.6. The number of methoxy groups -OCH3 is 1. The van der Waals surface area contributed by atoms with Gasteiger partial charge in [0.25, 0.3) is 0 Å². The van der Waals surface area contributed by atoms with Crippen LogP contribution in [0.2, 0.25) is 0 Å². The number of rotatable bonds is 5. The Morgan fingerprint density at radius 1 is 1.18 bits per heavy atom. The average Bonchev–Trinajstić information content (AvgIpc) is 3.34. The maximum atomic E-state index is 14.1. The van der Waals surface area contributed by atoms with Crippen molar-refractivity contribution in [3.8, 4) is 0 Å². The molecule has 1 spiro atoms. The fraction of sp³-hybridized carbons (Fsp3) is 0.619. The predicted molar refractivity (Wildman–Crippen MR) is 98.2 cm³/mol. The highest BCUT2D eigenvalue weighted by Gasteiger charge is 2.56. The van der Waals surface area contributed by atoms with E-state index in [2.05, 4.69) is 0 Å². The lowest BCUT2D eigenvalue weighted by Gasteiger charge is -2.39. The number of piperidine rings is 1. The Morgan fingerprint density at radius 3 is 2.68 bits per heavy atom. The van der Waals surface area contributed by atoms with Crippen LogP contribution in [0.15, 0.2) is 18.2 Å². The lowest BCUT2D eigenvalue weighted by atomic mass is 9.78. The summed E-state index contributed by atoms with van der Waals surface area (Å²) < 4.78 is 32.8. The van der Waals surface area contributed by atoms with Gasteiger partial charge in [0.2, 0.25) is 11.8 Å². The Morgan fingerprint density at radius 2 is 1.96 bits per heavy atom. The molecule has 7 heteroatoms. The first-order valence-electron chi connectivity index (χ1n) is 9.91. The second-order valence-electron chi connectivity index (χ2n) is 8.51. The van der Waals surface area contributed by atoms with Gasteiger partial charge in [-0.3, -0.25) is 9.59 Å². The highest BCUT2D eigenvalue weighted by atomic mass is 19.2. The van der Waals surface area contributed by atoms with Crippen LogP contribution < -0.4 is 0 Å². The molecule has 2 aliphatic heterocycles. The Labute approximate surface area is 163 Å². The topological polar surface area (TPSA) is 49.9 Å². The number of nitrogens with zero attached hydrogens (tertiary/aromatic N) is 2. The summed E-state index contributed by atoms with van der Waals surface area (Å²) in [5.41, 5.74) is -0.808. The molecule has 1 aromatic carbocycles. The van der Waals surface area contributed by atoms with Crippen molar-refractivity contribution >= 4 is 11.8 Å². The molecule has 4 rings (SSSR count). The molecule has 5 nitrogen and oxygen atoms in total. The molecule has 1 aromatic rings.